The molecule has 1 aliphatic heterocycles. The van der Waals surface area contributed by atoms with Crippen LogP contribution in [0.5, 0.6) is 17.2 Å². The Balaban J connectivity index is 1.28. The zero-order valence-electron chi connectivity index (χ0n) is 16.9. The number of benzene rings is 2. The third-order valence-corrected chi connectivity index (χ3v) is 5.18. The van der Waals surface area contributed by atoms with Gasteiger partial charge in [-0.05, 0) is 61.5 Å². The van der Waals surface area contributed by atoms with Gasteiger partial charge in [0.2, 0.25) is 6.79 Å². The van der Waals surface area contributed by atoms with E-state index < -0.39 is 0 Å². The third kappa shape index (κ3) is 5.06. The van der Waals surface area contributed by atoms with E-state index >= 15 is 0 Å². The number of rotatable bonds is 8. The topological polar surface area (TPSA) is 43.8 Å². The van der Waals surface area contributed by atoms with Gasteiger partial charge >= 0.3 is 0 Å². The van der Waals surface area contributed by atoms with Crippen LogP contribution in [0.3, 0.4) is 0 Å². The summed E-state index contributed by atoms with van der Waals surface area (Å²) < 4.78 is 16.7. The fraction of sp³-hybridized carbons (Fsp3) is 0.292. The molecule has 3 aromatic rings. The van der Waals surface area contributed by atoms with E-state index in [2.05, 4.69) is 42.1 Å². The van der Waals surface area contributed by atoms with Crippen molar-refractivity contribution < 1.29 is 14.2 Å². The standard InChI is InChI=1S/C24H26N2O3/c1-18(13-21-5-3-4-12-25-21)26(2)15-19-6-9-22(10-7-19)27-16-20-8-11-23-24(14-20)29-17-28-23/h3-12,14,18H,13,15-17H2,1-2H3/t18-/m1/s1. The number of hydrogen-bond donors (Lipinski definition) is 0. The number of aromatic nitrogens is 1. The van der Waals surface area contributed by atoms with Crippen LogP contribution in [0.15, 0.2) is 66.9 Å². The lowest BCUT2D eigenvalue weighted by Gasteiger charge is -2.24. The number of hydrogen-bond acceptors (Lipinski definition) is 5. The molecule has 0 aliphatic carbocycles. The first-order valence-electron chi connectivity index (χ1n) is 9.88. The highest BCUT2D eigenvalue weighted by atomic mass is 16.7. The molecule has 0 fully saturated rings. The Bertz CT molecular complexity index is 929. The van der Waals surface area contributed by atoms with Gasteiger partial charge in [0, 0.05) is 30.9 Å². The molecule has 1 atom stereocenters. The normalized spacial score (nSPS) is 13.5. The average molecular weight is 390 g/mol. The van der Waals surface area contributed by atoms with Gasteiger partial charge in [0.1, 0.15) is 12.4 Å². The SMILES string of the molecule is C[C@H](Cc1ccccn1)N(C)Cc1ccc(OCc2ccc3c(c2)OCO3)cc1. The fourth-order valence-electron chi connectivity index (χ4n) is 3.31. The largest absolute Gasteiger partial charge is 0.489 e. The third-order valence-electron chi connectivity index (χ3n) is 5.18. The summed E-state index contributed by atoms with van der Waals surface area (Å²) >= 11 is 0. The predicted octanol–water partition coefficient (Wildman–Crippen LogP) is 4.45. The molecule has 5 heteroatoms. The highest BCUT2D eigenvalue weighted by Gasteiger charge is 2.14. The Morgan fingerprint density at radius 1 is 1.00 bits per heavy atom. The van der Waals surface area contributed by atoms with Crippen molar-refractivity contribution in [2.75, 3.05) is 13.8 Å². The van der Waals surface area contributed by atoms with Crippen molar-refractivity contribution in [3.63, 3.8) is 0 Å². The van der Waals surface area contributed by atoms with Crippen molar-refractivity contribution in [3.05, 3.63) is 83.7 Å². The van der Waals surface area contributed by atoms with Crippen LogP contribution < -0.4 is 14.2 Å². The summed E-state index contributed by atoms with van der Waals surface area (Å²) in [5.74, 6) is 2.43. The molecule has 0 radical (unpaired) electrons. The van der Waals surface area contributed by atoms with Crippen LogP contribution in [-0.4, -0.2) is 29.8 Å². The molecule has 0 bridgehead atoms. The predicted molar refractivity (Wildman–Crippen MR) is 112 cm³/mol. The number of likely N-dealkylation sites (N-methyl/N-ethyl adjacent to an activating group) is 1. The first kappa shape index (κ1) is 19.3. The molecular weight excluding hydrogens is 364 g/mol. The molecule has 0 unspecified atom stereocenters. The van der Waals surface area contributed by atoms with Crippen molar-refractivity contribution in [3.8, 4) is 17.2 Å². The second kappa shape index (κ2) is 8.97. The summed E-state index contributed by atoms with van der Waals surface area (Å²) in [6.07, 6.45) is 2.79. The van der Waals surface area contributed by atoms with Gasteiger partial charge in [-0.15, -0.1) is 0 Å². The quantitative estimate of drug-likeness (QED) is 0.568. The molecule has 1 aromatic heterocycles. The lowest BCUT2D eigenvalue weighted by Crippen LogP contribution is -2.30. The molecule has 4 rings (SSSR count). The van der Waals surface area contributed by atoms with Crippen LogP contribution >= 0.6 is 0 Å². The van der Waals surface area contributed by atoms with Crippen molar-refractivity contribution >= 4 is 0 Å². The molecule has 29 heavy (non-hydrogen) atoms. The Morgan fingerprint density at radius 3 is 2.59 bits per heavy atom. The minimum Gasteiger partial charge on any atom is -0.489 e. The lowest BCUT2D eigenvalue weighted by molar-refractivity contribution is 0.174. The minimum absolute atomic E-state index is 0.288. The van der Waals surface area contributed by atoms with E-state index in [1.54, 1.807) is 0 Å². The highest BCUT2D eigenvalue weighted by Crippen LogP contribution is 2.32. The molecule has 1 aliphatic rings. The monoisotopic (exact) mass is 390 g/mol. The van der Waals surface area contributed by atoms with E-state index in [0.717, 1.165) is 41.5 Å². The van der Waals surface area contributed by atoms with E-state index in [4.69, 9.17) is 14.2 Å². The van der Waals surface area contributed by atoms with E-state index in [9.17, 15) is 0 Å². The summed E-state index contributed by atoms with van der Waals surface area (Å²) in [5.41, 5.74) is 3.44. The van der Waals surface area contributed by atoms with Gasteiger partial charge in [-0.2, -0.15) is 0 Å². The van der Waals surface area contributed by atoms with Crippen LogP contribution in [0.2, 0.25) is 0 Å². The van der Waals surface area contributed by atoms with Crippen LogP contribution in [-0.2, 0) is 19.6 Å². The van der Waals surface area contributed by atoms with Crippen molar-refractivity contribution in [1.82, 2.24) is 9.88 Å². The Hall–Kier alpha value is -3.05. The van der Waals surface area contributed by atoms with Crippen LogP contribution in [0.25, 0.3) is 0 Å². The Labute approximate surface area is 171 Å². The second-order valence-electron chi connectivity index (χ2n) is 7.41. The summed E-state index contributed by atoms with van der Waals surface area (Å²) in [4.78, 5) is 6.77. The van der Waals surface area contributed by atoms with Crippen LogP contribution in [0.4, 0.5) is 0 Å². The zero-order valence-corrected chi connectivity index (χ0v) is 16.9. The average Bonchev–Trinajstić information content (AvgIpc) is 3.22. The first-order chi connectivity index (χ1) is 14.2. The maximum Gasteiger partial charge on any atom is 0.231 e. The molecule has 0 amide bonds. The summed E-state index contributed by atoms with van der Waals surface area (Å²) in [6, 6.07) is 20.7. The minimum atomic E-state index is 0.288. The van der Waals surface area contributed by atoms with Gasteiger partial charge in [0.05, 0.1) is 0 Å². The van der Waals surface area contributed by atoms with Crippen molar-refractivity contribution in [2.24, 2.45) is 0 Å². The fourth-order valence-corrected chi connectivity index (χ4v) is 3.31. The molecule has 150 valence electrons. The number of pyridine rings is 1. The molecule has 0 saturated heterocycles. The highest BCUT2D eigenvalue weighted by molar-refractivity contribution is 5.44. The molecular formula is C24H26N2O3. The lowest BCUT2D eigenvalue weighted by atomic mass is 10.1. The molecule has 2 aromatic carbocycles. The molecule has 0 saturated carbocycles. The van der Waals surface area contributed by atoms with E-state index in [-0.39, 0.29) is 6.79 Å². The Kier molecular flexibility index (Phi) is 5.96. The van der Waals surface area contributed by atoms with E-state index in [1.165, 1.54) is 5.56 Å². The number of ether oxygens (including phenoxy) is 3. The van der Waals surface area contributed by atoms with Crippen LogP contribution in [0.1, 0.15) is 23.7 Å². The maximum atomic E-state index is 5.92. The summed E-state index contributed by atoms with van der Waals surface area (Å²) in [6.45, 7) is 3.90. The van der Waals surface area contributed by atoms with Gasteiger partial charge in [-0.1, -0.05) is 24.3 Å². The van der Waals surface area contributed by atoms with Crippen molar-refractivity contribution in [2.45, 2.75) is 32.5 Å². The summed E-state index contributed by atoms with van der Waals surface area (Å²) in [5, 5.41) is 0. The van der Waals surface area contributed by atoms with E-state index in [1.807, 2.05) is 48.7 Å². The number of fused-ring (bicyclic) bond motifs is 1. The van der Waals surface area contributed by atoms with E-state index in [0.29, 0.717) is 12.6 Å². The van der Waals surface area contributed by atoms with Gasteiger partial charge in [0.25, 0.3) is 0 Å². The molecule has 2 heterocycles. The Morgan fingerprint density at radius 2 is 1.79 bits per heavy atom. The van der Waals surface area contributed by atoms with Gasteiger partial charge in [-0.3, -0.25) is 9.88 Å². The smallest absolute Gasteiger partial charge is 0.231 e. The molecule has 0 N–H and O–H groups in total. The number of nitrogens with zero attached hydrogens (tertiary/aromatic N) is 2. The van der Waals surface area contributed by atoms with Gasteiger partial charge < -0.3 is 14.2 Å². The first-order valence-corrected chi connectivity index (χ1v) is 9.88. The molecule has 5 nitrogen and oxygen atoms in total. The van der Waals surface area contributed by atoms with Gasteiger partial charge in [0.15, 0.2) is 11.5 Å². The van der Waals surface area contributed by atoms with Gasteiger partial charge in [-0.25, -0.2) is 0 Å². The summed E-state index contributed by atoms with van der Waals surface area (Å²) in [7, 11) is 2.15. The second-order valence-corrected chi connectivity index (χ2v) is 7.41. The zero-order chi connectivity index (χ0) is 20.1. The maximum absolute atomic E-state index is 5.92. The van der Waals surface area contributed by atoms with Crippen LogP contribution in [0, 0.1) is 0 Å². The van der Waals surface area contributed by atoms with Crippen molar-refractivity contribution in [1.29, 1.82) is 0 Å². The molecule has 0 spiro atoms.